The van der Waals surface area contributed by atoms with Crippen LogP contribution in [0.25, 0.3) is 0 Å². The molecule has 0 aromatic carbocycles. The molecule has 0 saturated heterocycles. The van der Waals surface area contributed by atoms with Crippen LogP contribution >= 0.6 is 11.3 Å². The van der Waals surface area contributed by atoms with Crippen molar-refractivity contribution in [2.45, 2.75) is 11.1 Å². The van der Waals surface area contributed by atoms with Crippen LogP contribution in [0.5, 0.6) is 6.01 Å². The molecule has 8 heteroatoms. The molecule has 0 bridgehead atoms. The summed E-state index contributed by atoms with van der Waals surface area (Å²) in [6.07, 6.45) is 2.73. The molecule has 0 aliphatic heterocycles. The highest BCUT2D eigenvalue weighted by Gasteiger charge is 2.15. The van der Waals surface area contributed by atoms with Crippen molar-refractivity contribution >= 4 is 27.0 Å². The molecule has 0 radical (unpaired) electrons. The number of nitrogens with one attached hydrogen (secondary N) is 1. The highest BCUT2D eigenvalue weighted by Crippen LogP contribution is 2.19. The third-order valence-electron chi connectivity index (χ3n) is 1.91. The minimum Gasteiger partial charge on any atom is -0.464 e. The molecule has 2 aromatic heterocycles. The van der Waals surface area contributed by atoms with Gasteiger partial charge in [-0.25, -0.2) is 18.4 Å². The van der Waals surface area contributed by atoms with Gasteiger partial charge in [0.2, 0.25) is 0 Å². The summed E-state index contributed by atoms with van der Waals surface area (Å²) in [6.45, 7) is 2.27. The molecular weight excluding hydrogens is 274 g/mol. The Labute approximate surface area is 109 Å². The maximum Gasteiger partial charge on any atom is 0.316 e. The fourth-order valence-corrected chi connectivity index (χ4v) is 3.22. The van der Waals surface area contributed by atoms with Crippen molar-refractivity contribution in [1.29, 1.82) is 0 Å². The van der Waals surface area contributed by atoms with Crippen molar-refractivity contribution in [2.75, 3.05) is 11.3 Å². The van der Waals surface area contributed by atoms with E-state index < -0.39 is 10.0 Å². The normalized spacial score (nSPS) is 11.2. The molecule has 0 amide bonds. The van der Waals surface area contributed by atoms with Gasteiger partial charge in [-0.3, -0.25) is 4.72 Å². The lowest BCUT2D eigenvalue weighted by atomic mass is 10.6. The molecule has 18 heavy (non-hydrogen) atoms. The zero-order valence-corrected chi connectivity index (χ0v) is 11.2. The Morgan fingerprint density at radius 1 is 1.39 bits per heavy atom. The fourth-order valence-electron chi connectivity index (χ4n) is 1.19. The summed E-state index contributed by atoms with van der Waals surface area (Å²) in [5.41, 5.74) is 0.298. The number of hydrogen-bond acceptors (Lipinski definition) is 6. The molecule has 0 fully saturated rings. The molecule has 1 N–H and O–H groups in total. The van der Waals surface area contributed by atoms with E-state index in [1.165, 1.54) is 18.5 Å². The van der Waals surface area contributed by atoms with Gasteiger partial charge in [-0.15, -0.1) is 11.3 Å². The first-order valence-electron chi connectivity index (χ1n) is 5.13. The van der Waals surface area contributed by atoms with E-state index in [4.69, 9.17) is 4.74 Å². The van der Waals surface area contributed by atoms with E-state index in [2.05, 4.69) is 14.7 Å². The van der Waals surface area contributed by atoms with Gasteiger partial charge in [-0.05, 0) is 18.4 Å². The van der Waals surface area contributed by atoms with E-state index in [1.807, 2.05) is 6.92 Å². The van der Waals surface area contributed by atoms with Gasteiger partial charge in [0, 0.05) is 0 Å². The lowest BCUT2D eigenvalue weighted by Crippen LogP contribution is -2.12. The fraction of sp³-hybridized carbons (Fsp3) is 0.200. The van der Waals surface area contributed by atoms with Crippen LogP contribution < -0.4 is 9.46 Å². The van der Waals surface area contributed by atoms with Crippen LogP contribution in [0.2, 0.25) is 0 Å². The van der Waals surface area contributed by atoms with Gasteiger partial charge in [-0.2, -0.15) is 0 Å². The Kier molecular flexibility index (Phi) is 3.78. The smallest absolute Gasteiger partial charge is 0.316 e. The van der Waals surface area contributed by atoms with Crippen LogP contribution in [0.1, 0.15) is 6.92 Å². The van der Waals surface area contributed by atoms with E-state index in [9.17, 15) is 8.42 Å². The number of sulfonamides is 1. The summed E-state index contributed by atoms with van der Waals surface area (Å²) in [7, 11) is -3.55. The van der Waals surface area contributed by atoms with Crippen molar-refractivity contribution in [3.8, 4) is 6.01 Å². The number of ether oxygens (including phenoxy) is 1. The Morgan fingerprint density at radius 2 is 2.11 bits per heavy atom. The summed E-state index contributed by atoms with van der Waals surface area (Å²) in [5, 5.41) is 1.70. The molecule has 0 spiro atoms. The second kappa shape index (κ2) is 5.32. The van der Waals surface area contributed by atoms with Crippen molar-refractivity contribution in [3.63, 3.8) is 0 Å². The van der Waals surface area contributed by atoms with Crippen LogP contribution in [0.4, 0.5) is 5.69 Å². The summed E-state index contributed by atoms with van der Waals surface area (Å²) < 4.78 is 31.5. The van der Waals surface area contributed by atoms with E-state index in [0.717, 1.165) is 11.3 Å². The third-order valence-corrected chi connectivity index (χ3v) is 4.69. The monoisotopic (exact) mass is 285 g/mol. The van der Waals surface area contributed by atoms with Crippen LogP contribution in [-0.4, -0.2) is 25.0 Å². The number of thiophene rings is 1. The summed E-state index contributed by atoms with van der Waals surface area (Å²) in [6, 6.07) is 3.42. The minimum absolute atomic E-state index is 0.219. The molecule has 6 nitrogen and oxygen atoms in total. The topological polar surface area (TPSA) is 81.2 Å². The number of rotatable bonds is 5. The predicted octanol–water partition coefficient (Wildman–Crippen LogP) is 1.74. The van der Waals surface area contributed by atoms with Gasteiger partial charge < -0.3 is 4.74 Å². The highest BCUT2D eigenvalue weighted by molar-refractivity contribution is 7.94. The molecule has 96 valence electrons. The van der Waals surface area contributed by atoms with Gasteiger partial charge in [-0.1, -0.05) is 6.07 Å². The Morgan fingerprint density at radius 3 is 2.67 bits per heavy atom. The number of aromatic nitrogens is 2. The van der Waals surface area contributed by atoms with Crippen molar-refractivity contribution in [1.82, 2.24) is 9.97 Å². The quantitative estimate of drug-likeness (QED) is 0.905. The Hall–Kier alpha value is -1.67. The van der Waals surface area contributed by atoms with Gasteiger partial charge >= 0.3 is 6.01 Å². The molecule has 0 aliphatic rings. The number of anilines is 1. The predicted molar refractivity (Wildman–Crippen MR) is 68.3 cm³/mol. The zero-order chi connectivity index (χ0) is 13.0. The Bertz CT molecular complexity index is 594. The van der Waals surface area contributed by atoms with Gasteiger partial charge in [0.1, 0.15) is 4.21 Å². The van der Waals surface area contributed by atoms with Crippen LogP contribution in [0.3, 0.4) is 0 Å². The molecule has 2 heterocycles. The molecule has 2 aromatic rings. The molecular formula is C10H11N3O3S2. The lowest BCUT2D eigenvalue weighted by Gasteiger charge is -2.06. The average molecular weight is 285 g/mol. The average Bonchev–Trinajstić information content (AvgIpc) is 2.86. The standard InChI is InChI=1S/C10H11N3O3S2/c1-2-16-10-11-6-8(7-12-10)13-18(14,15)9-4-3-5-17-9/h3-7,13H,2H2,1H3. The third kappa shape index (κ3) is 2.96. The maximum absolute atomic E-state index is 11.9. The summed E-state index contributed by atoms with van der Waals surface area (Å²) >= 11 is 1.14. The van der Waals surface area contributed by atoms with Crippen molar-refractivity contribution < 1.29 is 13.2 Å². The van der Waals surface area contributed by atoms with E-state index in [-0.39, 0.29) is 10.2 Å². The first kappa shape index (κ1) is 12.8. The second-order valence-corrected chi connectivity index (χ2v) is 6.08. The molecule has 2 rings (SSSR count). The van der Waals surface area contributed by atoms with Crippen molar-refractivity contribution in [3.05, 3.63) is 29.9 Å². The van der Waals surface area contributed by atoms with Crippen LogP contribution in [0.15, 0.2) is 34.1 Å². The first-order valence-corrected chi connectivity index (χ1v) is 7.49. The minimum atomic E-state index is -3.55. The van der Waals surface area contributed by atoms with Crippen LogP contribution in [-0.2, 0) is 10.0 Å². The summed E-state index contributed by atoms with van der Waals surface area (Å²) in [5.74, 6) is 0. The van der Waals surface area contributed by atoms with E-state index in [1.54, 1.807) is 11.4 Å². The van der Waals surface area contributed by atoms with Gasteiger partial charge in [0.15, 0.2) is 0 Å². The maximum atomic E-state index is 11.9. The summed E-state index contributed by atoms with van der Waals surface area (Å²) in [4.78, 5) is 7.75. The van der Waals surface area contributed by atoms with Crippen LogP contribution in [0, 0.1) is 0 Å². The highest BCUT2D eigenvalue weighted by atomic mass is 32.2. The van der Waals surface area contributed by atoms with Gasteiger partial charge in [0.05, 0.1) is 24.7 Å². The number of nitrogens with zero attached hydrogens (tertiary/aromatic N) is 2. The largest absolute Gasteiger partial charge is 0.464 e. The van der Waals surface area contributed by atoms with E-state index >= 15 is 0 Å². The second-order valence-electron chi connectivity index (χ2n) is 3.22. The number of hydrogen-bond donors (Lipinski definition) is 1. The SMILES string of the molecule is CCOc1ncc(NS(=O)(=O)c2cccs2)cn1. The first-order chi connectivity index (χ1) is 8.62. The zero-order valence-electron chi connectivity index (χ0n) is 9.53. The molecule has 0 saturated carbocycles. The van der Waals surface area contributed by atoms with Crippen molar-refractivity contribution in [2.24, 2.45) is 0 Å². The van der Waals surface area contributed by atoms with E-state index in [0.29, 0.717) is 12.3 Å². The molecule has 0 atom stereocenters. The lowest BCUT2D eigenvalue weighted by molar-refractivity contribution is 0.312. The molecule has 0 unspecified atom stereocenters. The molecule has 0 aliphatic carbocycles. The Balaban J connectivity index is 2.14. The van der Waals surface area contributed by atoms with Gasteiger partial charge in [0.25, 0.3) is 10.0 Å².